The summed E-state index contributed by atoms with van der Waals surface area (Å²) in [5.41, 5.74) is 2.41. The molecular formula is C31H39N2O6+. The smallest absolute Gasteiger partial charge is 0.295 e. The summed E-state index contributed by atoms with van der Waals surface area (Å²) >= 11 is 0. The highest BCUT2D eigenvalue weighted by atomic mass is 16.5. The van der Waals surface area contributed by atoms with E-state index >= 15 is 0 Å². The average molecular weight is 536 g/mol. The maximum Gasteiger partial charge on any atom is 0.295 e. The monoisotopic (exact) mass is 535 g/mol. The number of nitrogens with zero attached hydrogens (tertiary/aromatic N) is 1. The van der Waals surface area contributed by atoms with E-state index in [1.165, 1.54) is 4.90 Å². The van der Waals surface area contributed by atoms with Crippen LogP contribution >= 0.6 is 0 Å². The van der Waals surface area contributed by atoms with Gasteiger partial charge in [-0.25, -0.2) is 0 Å². The van der Waals surface area contributed by atoms with Gasteiger partial charge in [0.15, 0.2) is 0 Å². The number of ether oxygens (including phenoxy) is 3. The summed E-state index contributed by atoms with van der Waals surface area (Å²) in [7, 11) is 0. The second-order valence-electron chi connectivity index (χ2n) is 10.7. The summed E-state index contributed by atoms with van der Waals surface area (Å²) in [5, 5.41) is 11.5. The molecule has 208 valence electrons. The number of hydrogen-bond acceptors (Lipinski definition) is 6. The summed E-state index contributed by atoms with van der Waals surface area (Å²) < 4.78 is 17.1. The minimum atomic E-state index is -0.669. The van der Waals surface area contributed by atoms with Gasteiger partial charge in [0, 0.05) is 24.9 Å². The summed E-state index contributed by atoms with van der Waals surface area (Å²) in [6.45, 7) is 9.47. The van der Waals surface area contributed by atoms with Gasteiger partial charge in [-0.05, 0) is 54.8 Å². The Balaban J connectivity index is 1.45. The molecule has 2 N–H and O–H groups in total. The SMILES string of the molecule is CCCCOc1ccc([C@H]2C(=C(O)c3ccc4c(c3)C[C@H](C)O4)C(=O)C(=O)N2CCC[NH+]2CCOCC2)cc1. The van der Waals surface area contributed by atoms with Crippen LogP contribution < -0.4 is 14.4 Å². The van der Waals surface area contributed by atoms with Crippen LogP contribution in [0.2, 0.25) is 0 Å². The van der Waals surface area contributed by atoms with Gasteiger partial charge in [-0.3, -0.25) is 9.59 Å². The van der Waals surface area contributed by atoms with E-state index in [4.69, 9.17) is 14.2 Å². The van der Waals surface area contributed by atoms with E-state index in [-0.39, 0.29) is 17.4 Å². The third-order valence-corrected chi connectivity index (χ3v) is 7.80. The largest absolute Gasteiger partial charge is 0.507 e. The van der Waals surface area contributed by atoms with Gasteiger partial charge >= 0.3 is 0 Å². The van der Waals surface area contributed by atoms with Gasteiger partial charge in [0.2, 0.25) is 0 Å². The molecule has 3 aliphatic heterocycles. The van der Waals surface area contributed by atoms with Crippen molar-refractivity contribution in [1.29, 1.82) is 0 Å². The molecular weight excluding hydrogens is 496 g/mol. The van der Waals surface area contributed by atoms with Crippen LogP contribution in [0, 0.1) is 0 Å². The number of ketones is 1. The van der Waals surface area contributed by atoms with Crippen molar-refractivity contribution < 1.29 is 33.8 Å². The molecule has 3 aliphatic rings. The molecule has 2 atom stereocenters. The second-order valence-corrected chi connectivity index (χ2v) is 10.7. The Morgan fingerprint density at radius 1 is 1.10 bits per heavy atom. The first-order chi connectivity index (χ1) is 19.0. The van der Waals surface area contributed by atoms with Crippen LogP contribution in [0.5, 0.6) is 11.5 Å². The molecule has 1 amide bonds. The molecule has 3 heterocycles. The highest BCUT2D eigenvalue weighted by molar-refractivity contribution is 6.46. The summed E-state index contributed by atoms with van der Waals surface area (Å²) in [5.74, 6) is 0.169. The average Bonchev–Trinajstić information content (AvgIpc) is 3.45. The summed E-state index contributed by atoms with van der Waals surface area (Å²) in [6, 6.07) is 12.3. The molecule has 0 spiro atoms. The third kappa shape index (κ3) is 5.97. The maximum atomic E-state index is 13.4. The van der Waals surface area contributed by atoms with Gasteiger partial charge in [0.25, 0.3) is 11.7 Å². The number of quaternary nitrogens is 1. The number of Topliss-reactive ketones (excluding diaryl/α,β-unsaturated/α-hetero) is 1. The predicted octanol–water partition coefficient (Wildman–Crippen LogP) is 2.92. The molecule has 0 unspecified atom stereocenters. The lowest BCUT2D eigenvalue weighted by Gasteiger charge is -2.27. The van der Waals surface area contributed by atoms with Crippen LogP contribution in [0.3, 0.4) is 0 Å². The van der Waals surface area contributed by atoms with Crippen LogP contribution in [-0.4, -0.2) is 73.8 Å². The zero-order valence-electron chi connectivity index (χ0n) is 22.9. The number of amides is 1. The molecule has 0 aliphatic carbocycles. The zero-order chi connectivity index (χ0) is 27.4. The highest BCUT2D eigenvalue weighted by Crippen LogP contribution is 2.41. The number of rotatable bonds is 10. The molecule has 39 heavy (non-hydrogen) atoms. The summed E-state index contributed by atoms with van der Waals surface area (Å²) in [4.78, 5) is 29.8. The number of hydrogen-bond donors (Lipinski definition) is 2. The third-order valence-electron chi connectivity index (χ3n) is 7.80. The maximum absolute atomic E-state index is 13.4. The number of fused-ring (bicyclic) bond motifs is 1. The van der Waals surface area contributed by atoms with Crippen molar-refractivity contribution in [2.75, 3.05) is 46.0 Å². The van der Waals surface area contributed by atoms with E-state index in [2.05, 4.69) is 6.92 Å². The van der Waals surface area contributed by atoms with Gasteiger partial charge < -0.3 is 29.1 Å². The van der Waals surface area contributed by atoms with E-state index in [0.717, 1.165) is 81.2 Å². The zero-order valence-corrected chi connectivity index (χ0v) is 22.9. The lowest BCUT2D eigenvalue weighted by molar-refractivity contribution is -0.908. The second kappa shape index (κ2) is 12.2. The van der Waals surface area contributed by atoms with Crippen molar-refractivity contribution in [3.8, 4) is 11.5 Å². The first-order valence-corrected chi connectivity index (χ1v) is 14.2. The van der Waals surface area contributed by atoms with Crippen molar-refractivity contribution in [3.05, 3.63) is 64.7 Å². The minimum Gasteiger partial charge on any atom is -0.507 e. The lowest BCUT2D eigenvalue weighted by Crippen LogP contribution is -3.14. The number of carbonyl (C=O) groups is 2. The molecule has 0 aromatic heterocycles. The number of morpholine rings is 1. The van der Waals surface area contributed by atoms with E-state index in [0.29, 0.717) is 18.7 Å². The standard InChI is InChI=1S/C31H38N2O6/c1-3-4-16-38-25-9-6-22(7-10-25)28-27(29(34)23-8-11-26-24(20-23)19-21(2)39-26)30(35)31(36)33(28)13-5-12-32-14-17-37-18-15-32/h6-11,20-21,28,34H,3-5,12-19H2,1-2H3/p+1/t21-,28-/m0/s1. The number of unbranched alkanes of at least 4 members (excludes halogenated alkanes) is 1. The van der Waals surface area contributed by atoms with Crippen molar-refractivity contribution in [2.24, 2.45) is 0 Å². The molecule has 0 saturated carbocycles. The van der Waals surface area contributed by atoms with Gasteiger partial charge in [0.05, 0.1) is 38.0 Å². The van der Waals surface area contributed by atoms with Crippen molar-refractivity contribution in [1.82, 2.24) is 4.90 Å². The van der Waals surface area contributed by atoms with Crippen LogP contribution in [0.1, 0.15) is 55.8 Å². The van der Waals surface area contributed by atoms with Crippen LogP contribution in [-0.2, 0) is 20.7 Å². The normalized spacial score (nSPS) is 22.7. The molecule has 8 heteroatoms. The Labute approximate surface area is 230 Å². The Morgan fingerprint density at radius 3 is 2.62 bits per heavy atom. The quantitative estimate of drug-likeness (QED) is 0.211. The fourth-order valence-corrected chi connectivity index (χ4v) is 5.67. The predicted molar refractivity (Wildman–Crippen MR) is 147 cm³/mol. The van der Waals surface area contributed by atoms with Crippen LogP contribution in [0.4, 0.5) is 0 Å². The number of nitrogens with one attached hydrogen (secondary N) is 1. The first-order valence-electron chi connectivity index (χ1n) is 14.2. The van der Waals surface area contributed by atoms with Crippen molar-refractivity contribution in [3.63, 3.8) is 0 Å². The molecule has 2 aromatic carbocycles. The van der Waals surface area contributed by atoms with Crippen LogP contribution in [0.15, 0.2) is 48.0 Å². The van der Waals surface area contributed by atoms with Crippen molar-refractivity contribution >= 4 is 17.4 Å². The number of carbonyl (C=O) groups excluding carboxylic acids is 2. The molecule has 2 saturated heterocycles. The van der Waals surface area contributed by atoms with Gasteiger partial charge in [-0.1, -0.05) is 25.5 Å². The summed E-state index contributed by atoms with van der Waals surface area (Å²) in [6.07, 6.45) is 3.57. The number of aliphatic hydroxyl groups is 1. The van der Waals surface area contributed by atoms with E-state index in [9.17, 15) is 14.7 Å². The number of likely N-dealkylation sites (tertiary alicyclic amines) is 1. The van der Waals surface area contributed by atoms with E-state index < -0.39 is 17.7 Å². The molecule has 0 bridgehead atoms. The molecule has 8 nitrogen and oxygen atoms in total. The van der Waals surface area contributed by atoms with Crippen LogP contribution in [0.25, 0.3) is 5.76 Å². The topological polar surface area (TPSA) is 89.7 Å². The minimum absolute atomic E-state index is 0.0645. The van der Waals surface area contributed by atoms with Gasteiger partial charge in [-0.2, -0.15) is 0 Å². The Morgan fingerprint density at radius 2 is 1.87 bits per heavy atom. The Hall–Kier alpha value is -3.36. The van der Waals surface area contributed by atoms with Crippen molar-refractivity contribution in [2.45, 2.75) is 51.7 Å². The molecule has 2 fully saturated rings. The first kappa shape index (κ1) is 27.2. The molecule has 0 radical (unpaired) electrons. The fraction of sp³-hybridized carbons (Fsp3) is 0.484. The number of aliphatic hydroxyl groups excluding tert-OH is 1. The van der Waals surface area contributed by atoms with Gasteiger partial charge in [-0.15, -0.1) is 0 Å². The number of benzene rings is 2. The van der Waals surface area contributed by atoms with E-state index in [1.54, 1.807) is 11.0 Å². The lowest BCUT2D eigenvalue weighted by atomic mass is 9.94. The van der Waals surface area contributed by atoms with E-state index in [1.807, 2.05) is 43.3 Å². The Bertz CT molecular complexity index is 1220. The fourth-order valence-electron chi connectivity index (χ4n) is 5.67. The molecule has 2 aromatic rings. The Kier molecular flexibility index (Phi) is 8.53. The molecule has 5 rings (SSSR count). The van der Waals surface area contributed by atoms with Gasteiger partial charge in [0.1, 0.15) is 36.5 Å². The highest BCUT2D eigenvalue weighted by Gasteiger charge is 2.46.